The molecule has 0 aliphatic heterocycles. The van der Waals surface area contributed by atoms with Crippen molar-refractivity contribution in [1.29, 1.82) is 0 Å². The van der Waals surface area contributed by atoms with Gasteiger partial charge in [-0.25, -0.2) is 0 Å². The molecule has 0 radical (unpaired) electrons. The molecular formula is C20H24BrNO2. The standard InChI is InChI=1S/C20H24BrNO2/c1-14-6-4-7-17(10-14)8-5-9-22-19(23)13-24-18-11-15(2)20(21)16(3)12-18/h4,6-7,10-12H,5,8-9,13H2,1-3H3,(H,22,23). The summed E-state index contributed by atoms with van der Waals surface area (Å²) in [6.07, 6.45) is 1.89. The molecule has 0 spiro atoms. The maximum absolute atomic E-state index is 11.9. The molecule has 24 heavy (non-hydrogen) atoms. The summed E-state index contributed by atoms with van der Waals surface area (Å²) in [4.78, 5) is 11.9. The minimum atomic E-state index is -0.0857. The SMILES string of the molecule is Cc1cccc(CCCNC(=O)COc2cc(C)c(Br)c(C)c2)c1. The molecule has 0 aliphatic carbocycles. The van der Waals surface area contributed by atoms with Crippen LogP contribution in [0.4, 0.5) is 0 Å². The van der Waals surface area contributed by atoms with E-state index >= 15 is 0 Å². The van der Waals surface area contributed by atoms with Crippen LogP contribution in [-0.2, 0) is 11.2 Å². The van der Waals surface area contributed by atoms with Crippen molar-refractivity contribution >= 4 is 21.8 Å². The van der Waals surface area contributed by atoms with Gasteiger partial charge in [0.15, 0.2) is 6.61 Å². The number of ether oxygens (including phenoxy) is 1. The Morgan fingerprint density at radius 1 is 1.12 bits per heavy atom. The molecule has 3 nitrogen and oxygen atoms in total. The second-order valence-corrected chi connectivity index (χ2v) is 6.90. The quantitative estimate of drug-likeness (QED) is 0.707. The molecule has 4 heteroatoms. The number of carbonyl (C=O) groups excluding carboxylic acids is 1. The normalized spacial score (nSPS) is 10.5. The Kier molecular flexibility index (Phi) is 6.85. The van der Waals surface area contributed by atoms with Crippen molar-refractivity contribution < 1.29 is 9.53 Å². The average molecular weight is 390 g/mol. The van der Waals surface area contributed by atoms with E-state index in [1.807, 2.05) is 26.0 Å². The first-order valence-corrected chi connectivity index (χ1v) is 8.97. The molecule has 1 amide bonds. The minimum Gasteiger partial charge on any atom is -0.484 e. The zero-order valence-electron chi connectivity index (χ0n) is 14.5. The lowest BCUT2D eigenvalue weighted by Crippen LogP contribution is -2.29. The lowest BCUT2D eigenvalue weighted by atomic mass is 10.1. The summed E-state index contributed by atoms with van der Waals surface area (Å²) in [6.45, 7) is 6.82. The first-order chi connectivity index (χ1) is 11.5. The fourth-order valence-corrected chi connectivity index (χ4v) is 2.81. The molecule has 0 unspecified atom stereocenters. The van der Waals surface area contributed by atoms with E-state index in [0.29, 0.717) is 6.54 Å². The number of aryl methyl sites for hydroxylation is 4. The fourth-order valence-electron chi connectivity index (χ4n) is 2.58. The van der Waals surface area contributed by atoms with Gasteiger partial charge in [-0.15, -0.1) is 0 Å². The average Bonchev–Trinajstić information content (AvgIpc) is 2.54. The van der Waals surface area contributed by atoms with Gasteiger partial charge >= 0.3 is 0 Å². The highest BCUT2D eigenvalue weighted by atomic mass is 79.9. The van der Waals surface area contributed by atoms with Gasteiger partial charge in [0, 0.05) is 11.0 Å². The van der Waals surface area contributed by atoms with E-state index in [1.165, 1.54) is 11.1 Å². The molecule has 0 saturated carbocycles. The summed E-state index contributed by atoms with van der Waals surface area (Å²) in [5.74, 6) is 0.639. The highest BCUT2D eigenvalue weighted by Crippen LogP contribution is 2.26. The number of amides is 1. The van der Waals surface area contributed by atoms with Crippen molar-refractivity contribution in [2.24, 2.45) is 0 Å². The van der Waals surface area contributed by atoms with Crippen LogP contribution in [0.25, 0.3) is 0 Å². The van der Waals surface area contributed by atoms with Crippen LogP contribution in [0.1, 0.15) is 28.7 Å². The smallest absolute Gasteiger partial charge is 0.257 e. The van der Waals surface area contributed by atoms with Gasteiger partial charge in [0.05, 0.1) is 0 Å². The summed E-state index contributed by atoms with van der Waals surface area (Å²) in [5.41, 5.74) is 4.78. The highest BCUT2D eigenvalue weighted by molar-refractivity contribution is 9.10. The van der Waals surface area contributed by atoms with Crippen molar-refractivity contribution in [1.82, 2.24) is 5.32 Å². The molecule has 128 valence electrons. The van der Waals surface area contributed by atoms with Gasteiger partial charge in [-0.05, 0) is 62.4 Å². The van der Waals surface area contributed by atoms with E-state index in [-0.39, 0.29) is 12.5 Å². The van der Waals surface area contributed by atoms with Gasteiger partial charge in [-0.3, -0.25) is 4.79 Å². The first-order valence-electron chi connectivity index (χ1n) is 8.17. The van der Waals surface area contributed by atoms with Crippen LogP contribution in [0.5, 0.6) is 5.75 Å². The van der Waals surface area contributed by atoms with Crippen molar-refractivity contribution in [3.05, 3.63) is 63.1 Å². The topological polar surface area (TPSA) is 38.3 Å². The van der Waals surface area contributed by atoms with Gasteiger partial charge < -0.3 is 10.1 Å². The molecule has 1 N–H and O–H groups in total. The Morgan fingerprint density at radius 3 is 2.50 bits per heavy atom. The second kappa shape index (κ2) is 8.88. The largest absolute Gasteiger partial charge is 0.484 e. The first kappa shape index (κ1) is 18.5. The molecule has 2 aromatic rings. The summed E-state index contributed by atoms with van der Waals surface area (Å²) >= 11 is 3.52. The van der Waals surface area contributed by atoms with Crippen LogP contribution in [0, 0.1) is 20.8 Å². The van der Waals surface area contributed by atoms with Gasteiger partial charge in [0.2, 0.25) is 0 Å². The molecule has 0 heterocycles. The maximum Gasteiger partial charge on any atom is 0.257 e. The Hall–Kier alpha value is -1.81. The molecule has 0 aromatic heterocycles. The summed E-state index contributed by atoms with van der Waals surface area (Å²) in [7, 11) is 0. The molecule has 0 fully saturated rings. The Balaban J connectivity index is 1.70. The third-order valence-electron chi connectivity index (χ3n) is 3.83. The molecule has 2 rings (SSSR count). The zero-order valence-corrected chi connectivity index (χ0v) is 16.1. The molecule has 0 bridgehead atoms. The number of hydrogen-bond acceptors (Lipinski definition) is 2. The highest BCUT2D eigenvalue weighted by Gasteiger charge is 2.06. The van der Waals surface area contributed by atoms with Gasteiger partial charge in [-0.2, -0.15) is 0 Å². The minimum absolute atomic E-state index is 0.0466. The maximum atomic E-state index is 11.9. The Labute approximate surface area is 152 Å². The van der Waals surface area contributed by atoms with Crippen LogP contribution in [0.3, 0.4) is 0 Å². The fraction of sp³-hybridized carbons (Fsp3) is 0.350. The molecular weight excluding hydrogens is 366 g/mol. The number of hydrogen-bond donors (Lipinski definition) is 1. The van der Waals surface area contributed by atoms with Crippen LogP contribution in [0.2, 0.25) is 0 Å². The number of rotatable bonds is 7. The number of halogens is 1. The van der Waals surface area contributed by atoms with E-state index in [4.69, 9.17) is 4.74 Å². The van der Waals surface area contributed by atoms with Crippen LogP contribution in [-0.4, -0.2) is 19.1 Å². The van der Waals surface area contributed by atoms with Crippen molar-refractivity contribution in [3.63, 3.8) is 0 Å². The summed E-state index contributed by atoms with van der Waals surface area (Å²) in [6, 6.07) is 12.3. The molecule has 0 saturated heterocycles. The van der Waals surface area contributed by atoms with Crippen molar-refractivity contribution in [2.75, 3.05) is 13.2 Å². The lowest BCUT2D eigenvalue weighted by Gasteiger charge is -2.10. The zero-order chi connectivity index (χ0) is 17.5. The predicted octanol–water partition coefficient (Wildman–Crippen LogP) is 4.50. The number of carbonyl (C=O) groups is 1. The lowest BCUT2D eigenvalue weighted by molar-refractivity contribution is -0.123. The third kappa shape index (κ3) is 5.68. The number of benzene rings is 2. The predicted molar refractivity (Wildman–Crippen MR) is 102 cm³/mol. The molecule has 0 aliphatic rings. The van der Waals surface area contributed by atoms with Gasteiger partial charge in [0.1, 0.15) is 5.75 Å². The van der Waals surface area contributed by atoms with Crippen LogP contribution >= 0.6 is 15.9 Å². The number of nitrogens with one attached hydrogen (secondary N) is 1. The Morgan fingerprint density at radius 2 is 1.83 bits per heavy atom. The second-order valence-electron chi connectivity index (χ2n) is 6.10. The van der Waals surface area contributed by atoms with E-state index in [1.54, 1.807) is 0 Å². The Bertz CT molecular complexity index is 690. The third-order valence-corrected chi connectivity index (χ3v) is 5.08. The van der Waals surface area contributed by atoms with Gasteiger partial charge in [-0.1, -0.05) is 45.8 Å². The van der Waals surface area contributed by atoms with Crippen molar-refractivity contribution in [2.45, 2.75) is 33.6 Å². The van der Waals surface area contributed by atoms with Crippen molar-refractivity contribution in [3.8, 4) is 5.75 Å². The summed E-state index contributed by atoms with van der Waals surface area (Å²) < 4.78 is 6.66. The summed E-state index contributed by atoms with van der Waals surface area (Å²) in [5, 5.41) is 2.91. The van der Waals surface area contributed by atoms with Gasteiger partial charge in [0.25, 0.3) is 5.91 Å². The van der Waals surface area contributed by atoms with Crippen LogP contribution in [0.15, 0.2) is 40.9 Å². The van der Waals surface area contributed by atoms with Crippen LogP contribution < -0.4 is 10.1 Å². The van der Waals surface area contributed by atoms with E-state index in [2.05, 4.69) is 52.4 Å². The van der Waals surface area contributed by atoms with E-state index in [9.17, 15) is 4.79 Å². The van der Waals surface area contributed by atoms with E-state index in [0.717, 1.165) is 34.2 Å². The van der Waals surface area contributed by atoms with E-state index < -0.39 is 0 Å². The monoisotopic (exact) mass is 389 g/mol. The molecule has 2 aromatic carbocycles. The molecule has 0 atom stereocenters.